The molecule has 2 unspecified atom stereocenters. The molecule has 0 saturated carbocycles. The van der Waals surface area contributed by atoms with E-state index < -0.39 is 15.1 Å². The summed E-state index contributed by atoms with van der Waals surface area (Å²) in [5.74, 6) is 0.578. The van der Waals surface area contributed by atoms with Crippen molar-refractivity contribution in [3.8, 4) is 0 Å². The number of hydrogen-bond acceptors (Lipinski definition) is 4. The Kier molecular flexibility index (Phi) is 5.10. The highest BCUT2D eigenvalue weighted by atomic mass is 32.8. The van der Waals surface area contributed by atoms with E-state index >= 15 is 0 Å². The maximum Gasteiger partial charge on any atom is 0.410 e. The molecule has 1 heterocycles. The van der Waals surface area contributed by atoms with E-state index in [1.807, 2.05) is 20.8 Å². The molecule has 0 aliphatic carbocycles. The molecule has 104 valence electrons. The van der Waals surface area contributed by atoms with Gasteiger partial charge in [0.25, 0.3) is 0 Å². The zero-order valence-corrected chi connectivity index (χ0v) is 12.8. The van der Waals surface area contributed by atoms with Gasteiger partial charge in [-0.1, -0.05) is 11.2 Å². The summed E-state index contributed by atoms with van der Waals surface area (Å²) >= 11 is 5.29. The third kappa shape index (κ3) is 4.20. The SMILES string of the molecule is CNC(=O)C1CN(C(=O)OC(C)(C)C)CCS1=S. The first-order valence-electron chi connectivity index (χ1n) is 5.81. The maximum atomic E-state index is 11.9. The third-order valence-electron chi connectivity index (χ3n) is 2.46. The van der Waals surface area contributed by atoms with Gasteiger partial charge in [0.15, 0.2) is 0 Å². The fraction of sp³-hybridized carbons (Fsp3) is 0.818. The molecule has 1 N–H and O–H groups in total. The number of hydrogen-bond donors (Lipinski definition) is 1. The number of nitrogens with one attached hydrogen (secondary N) is 1. The minimum atomic E-state index is -0.521. The lowest BCUT2D eigenvalue weighted by atomic mass is 10.2. The molecule has 0 bridgehead atoms. The quantitative estimate of drug-likeness (QED) is 0.761. The molecule has 1 rings (SSSR count). The largest absolute Gasteiger partial charge is 0.444 e. The van der Waals surface area contributed by atoms with E-state index in [0.717, 1.165) is 0 Å². The smallest absolute Gasteiger partial charge is 0.410 e. The highest BCUT2D eigenvalue weighted by molar-refractivity contribution is 8.29. The Bertz CT molecular complexity index is 358. The van der Waals surface area contributed by atoms with Crippen LogP contribution in [0.25, 0.3) is 0 Å². The molecule has 1 saturated heterocycles. The summed E-state index contributed by atoms with van der Waals surface area (Å²) in [4.78, 5) is 25.2. The van der Waals surface area contributed by atoms with Gasteiger partial charge >= 0.3 is 6.09 Å². The molecule has 18 heavy (non-hydrogen) atoms. The van der Waals surface area contributed by atoms with Crippen LogP contribution >= 0.6 is 0 Å². The summed E-state index contributed by atoms with van der Waals surface area (Å²) in [5.41, 5.74) is -0.521. The molecule has 1 fully saturated rings. The van der Waals surface area contributed by atoms with E-state index in [-0.39, 0.29) is 17.3 Å². The Morgan fingerprint density at radius 2 is 2.06 bits per heavy atom. The molecular formula is C11H20N2O3S2. The Hall–Kier alpha value is -0.690. The van der Waals surface area contributed by atoms with E-state index in [1.165, 1.54) is 0 Å². The zero-order chi connectivity index (χ0) is 13.9. The molecule has 2 atom stereocenters. The molecule has 0 aromatic rings. The molecule has 7 heteroatoms. The lowest BCUT2D eigenvalue weighted by Gasteiger charge is -2.34. The first-order chi connectivity index (χ1) is 8.24. The van der Waals surface area contributed by atoms with Gasteiger partial charge in [-0.25, -0.2) is 4.79 Å². The number of carbonyl (C=O) groups excluding carboxylic acids is 2. The van der Waals surface area contributed by atoms with Crippen LogP contribution in [0, 0.1) is 0 Å². The number of rotatable bonds is 1. The van der Waals surface area contributed by atoms with Crippen LogP contribution in [0.1, 0.15) is 20.8 Å². The number of carbonyl (C=O) groups is 2. The number of amides is 2. The van der Waals surface area contributed by atoms with Crippen molar-refractivity contribution >= 4 is 32.6 Å². The van der Waals surface area contributed by atoms with Crippen LogP contribution in [0.5, 0.6) is 0 Å². The Morgan fingerprint density at radius 3 is 2.56 bits per heavy atom. The normalized spacial score (nSPS) is 24.6. The highest BCUT2D eigenvalue weighted by Gasteiger charge is 2.33. The number of ether oxygens (including phenoxy) is 1. The van der Waals surface area contributed by atoms with Crippen LogP contribution < -0.4 is 5.32 Å². The van der Waals surface area contributed by atoms with Crippen LogP contribution in [0.3, 0.4) is 0 Å². The molecule has 2 amide bonds. The molecule has 0 aromatic heterocycles. The second-order valence-electron chi connectivity index (χ2n) is 5.11. The van der Waals surface area contributed by atoms with E-state index in [0.29, 0.717) is 18.8 Å². The van der Waals surface area contributed by atoms with Crippen molar-refractivity contribution in [1.82, 2.24) is 10.2 Å². The van der Waals surface area contributed by atoms with Gasteiger partial charge in [-0.15, -0.1) is 9.45 Å². The average molecular weight is 292 g/mol. The van der Waals surface area contributed by atoms with Gasteiger partial charge in [0, 0.05) is 25.9 Å². The van der Waals surface area contributed by atoms with Gasteiger partial charge in [0.2, 0.25) is 5.91 Å². The first-order valence-corrected chi connectivity index (χ1v) is 8.19. The summed E-state index contributed by atoms with van der Waals surface area (Å²) in [6.45, 7) is 6.38. The van der Waals surface area contributed by atoms with Crippen LogP contribution in [-0.4, -0.2) is 53.6 Å². The van der Waals surface area contributed by atoms with Gasteiger partial charge in [0.1, 0.15) is 10.9 Å². The maximum absolute atomic E-state index is 11.9. The summed E-state index contributed by atoms with van der Waals surface area (Å²) in [5, 5.41) is 2.30. The number of nitrogens with zero attached hydrogens (tertiary/aromatic N) is 1. The van der Waals surface area contributed by atoms with Gasteiger partial charge < -0.3 is 15.0 Å². The average Bonchev–Trinajstić information content (AvgIpc) is 2.26. The van der Waals surface area contributed by atoms with Gasteiger partial charge in [-0.3, -0.25) is 4.79 Å². The highest BCUT2D eigenvalue weighted by Crippen LogP contribution is 2.14. The van der Waals surface area contributed by atoms with Crippen molar-refractivity contribution in [3.63, 3.8) is 0 Å². The van der Waals surface area contributed by atoms with Crippen LogP contribution in [-0.2, 0) is 30.2 Å². The molecular weight excluding hydrogens is 272 g/mol. The zero-order valence-electron chi connectivity index (χ0n) is 11.2. The monoisotopic (exact) mass is 292 g/mol. The molecule has 1 aliphatic heterocycles. The predicted molar refractivity (Wildman–Crippen MR) is 75.3 cm³/mol. The molecule has 0 spiro atoms. The third-order valence-corrected chi connectivity index (χ3v) is 5.24. The summed E-state index contributed by atoms with van der Waals surface area (Å²) in [6, 6.07) is 0. The lowest BCUT2D eigenvalue weighted by Crippen LogP contribution is -2.53. The van der Waals surface area contributed by atoms with Crippen LogP contribution in [0.4, 0.5) is 4.79 Å². The molecule has 1 aliphatic rings. The van der Waals surface area contributed by atoms with Gasteiger partial charge in [-0.2, -0.15) is 0 Å². The minimum Gasteiger partial charge on any atom is -0.444 e. The van der Waals surface area contributed by atoms with E-state index in [2.05, 4.69) is 5.32 Å². The van der Waals surface area contributed by atoms with E-state index in [1.54, 1.807) is 11.9 Å². The van der Waals surface area contributed by atoms with Crippen molar-refractivity contribution in [2.45, 2.75) is 31.6 Å². The topological polar surface area (TPSA) is 58.6 Å². The Labute approximate surface area is 115 Å². The van der Waals surface area contributed by atoms with Crippen LogP contribution in [0.15, 0.2) is 0 Å². The van der Waals surface area contributed by atoms with Crippen molar-refractivity contribution < 1.29 is 14.3 Å². The lowest BCUT2D eigenvalue weighted by molar-refractivity contribution is -0.120. The van der Waals surface area contributed by atoms with Crippen molar-refractivity contribution in [2.75, 3.05) is 25.9 Å². The summed E-state index contributed by atoms with van der Waals surface area (Å²) in [6.07, 6.45) is -0.372. The fourth-order valence-corrected chi connectivity index (χ4v) is 3.63. The first kappa shape index (κ1) is 15.4. The second-order valence-corrected chi connectivity index (χ2v) is 8.14. The van der Waals surface area contributed by atoms with E-state index in [9.17, 15) is 9.59 Å². The minimum absolute atomic E-state index is 0.0957. The summed E-state index contributed by atoms with van der Waals surface area (Å²) < 4.78 is 5.30. The second kappa shape index (κ2) is 5.97. The van der Waals surface area contributed by atoms with Crippen molar-refractivity contribution in [2.24, 2.45) is 0 Å². The van der Waals surface area contributed by atoms with Crippen molar-refractivity contribution in [3.05, 3.63) is 0 Å². The molecule has 5 nitrogen and oxygen atoms in total. The molecule has 0 aromatic carbocycles. The molecule has 0 radical (unpaired) electrons. The fourth-order valence-electron chi connectivity index (χ4n) is 1.57. The Balaban J connectivity index is 2.67. The van der Waals surface area contributed by atoms with Gasteiger partial charge in [0.05, 0.1) is 0 Å². The summed E-state index contributed by atoms with van der Waals surface area (Å²) in [7, 11) is 1.19. The van der Waals surface area contributed by atoms with Crippen molar-refractivity contribution in [1.29, 1.82) is 0 Å². The Morgan fingerprint density at radius 1 is 1.44 bits per heavy atom. The van der Waals surface area contributed by atoms with E-state index in [4.69, 9.17) is 15.9 Å². The standard InChI is InChI=1S/C11H20N2O3S2/c1-11(2,3)16-10(15)13-5-6-18(17)8(7-13)9(14)12-4/h8H,5-7H2,1-4H3,(H,12,14). The predicted octanol–water partition coefficient (Wildman–Crippen LogP) is 0.432. The van der Waals surface area contributed by atoms with Crippen LogP contribution in [0.2, 0.25) is 0 Å². The van der Waals surface area contributed by atoms with Gasteiger partial charge in [-0.05, 0) is 20.8 Å².